The minimum absolute atomic E-state index is 0.0986. The van der Waals surface area contributed by atoms with Gasteiger partial charge in [-0.3, -0.25) is 4.79 Å². The maximum Gasteiger partial charge on any atom is 0.265 e. The number of halogens is 2. The number of ether oxygens (including phenoxy) is 2. The van der Waals surface area contributed by atoms with E-state index in [1.807, 2.05) is 0 Å². The van der Waals surface area contributed by atoms with Crippen LogP contribution in [-0.2, 0) is 4.79 Å². The summed E-state index contributed by atoms with van der Waals surface area (Å²) in [6, 6.07) is 9.85. The predicted molar refractivity (Wildman–Crippen MR) is 82.7 cm³/mol. The Morgan fingerprint density at radius 2 is 1.87 bits per heavy atom. The number of nitrogens with one attached hydrogen (secondary N) is 1. The lowest BCUT2D eigenvalue weighted by atomic mass is 10.2. The maximum atomic E-state index is 13.6. The summed E-state index contributed by atoms with van der Waals surface area (Å²) in [4.78, 5) is 12.2. The SMILES string of the molecule is CCC(Oc1ccccc1OC)C(=O)Nc1ccc(F)cc1F. The molecule has 1 N–H and O–H groups in total. The molecule has 2 rings (SSSR count). The Hall–Kier alpha value is -2.63. The van der Waals surface area contributed by atoms with Crippen LogP contribution in [0, 0.1) is 11.6 Å². The van der Waals surface area contributed by atoms with Crippen LogP contribution in [0.5, 0.6) is 11.5 Å². The summed E-state index contributed by atoms with van der Waals surface area (Å²) in [5.74, 6) is -1.17. The first-order valence-electron chi connectivity index (χ1n) is 7.10. The minimum atomic E-state index is -0.842. The number of amides is 1. The molecule has 1 unspecified atom stereocenters. The van der Waals surface area contributed by atoms with Crippen LogP contribution in [0.4, 0.5) is 14.5 Å². The van der Waals surface area contributed by atoms with Gasteiger partial charge < -0.3 is 14.8 Å². The molecule has 0 radical (unpaired) electrons. The molecule has 4 nitrogen and oxygen atoms in total. The first-order chi connectivity index (χ1) is 11.0. The predicted octanol–water partition coefficient (Wildman–Crippen LogP) is 3.77. The molecule has 0 bridgehead atoms. The first kappa shape index (κ1) is 16.7. The van der Waals surface area contributed by atoms with Gasteiger partial charge in [-0.25, -0.2) is 8.78 Å². The van der Waals surface area contributed by atoms with Gasteiger partial charge >= 0.3 is 0 Å². The molecule has 2 aromatic rings. The number of carbonyl (C=O) groups excluding carboxylic acids is 1. The molecule has 0 saturated heterocycles. The van der Waals surface area contributed by atoms with Crippen LogP contribution in [0.25, 0.3) is 0 Å². The Bertz CT molecular complexity index is 691. The van der Waals surface area contributed by atoms with Gasteiger partial charge in [0.1, 0.15) is 11.6 Å². The van der Waals surface area contributed by atoms with Crippen LogP contribution in [0.2, 0.25) is 0 Å². The second kappa shape index (κ2) is 7.58. The molecule has 0 heterocycles. The highest BCUT2D eigenvalue weighted by Gasteiger charge is 2.21. The van der Waals surface area contributed by atoms with Crippen molar-refractivity contribution in [1.82, 2.24) is 0 Å². The highest BCUT2D eigenvalue weighted by molar-refractivity contribution is 5.94. The van der Waals surface area contributed by atoms with E-state index in [1.165, 1.54) is 13.2 Å². The molecule has 0 aromatic heterocycles. The topological polar surface area (TPSA) is 47.6 Å². The van der Waals surface area contributed by atoms with Gasteiger partial charge in [0, 0.05) is 6.07 Å². The molecule has 23 heavy (non-hydrogen) atoms. The third-order valence-electron chi connectivity index (χ3n) is 3.19. The molecule has 6 heteroatoms. The van der Waals surface area contributed by atoms with Crippen LogP contribution in [0.3, 0.4) is 0 Å². The van der Waals surface area contributed by atoms with Crippen molar-refractivity contribution in [2.45, 2.75) is 19.4 Å². The number of hydrogen-bond donors (Lipinski definition) is 1. The summed E-state index contributed by atoms with van der Waals surface area (Å²) >= 11 is 0. The van der Waals surface area contributed by atoms with E-state index in [1.54, 1.807) is 31.2 Å². The molecule has 0 fully saturated rings. The third kappa shape index (κ3) is 4.18. The molecular formula is C17H17F2NO3. The van der Waals surface area contributed by atoms with Gasteiger partial charge in [-0.1, -0.05) is 19.1 Å². The smallest absolute Gasteiger partial charge is 0.265 e. The van der Waals surface area contributed by atoms with Gasteiger partial charge in [0.05, 0.1) is 12.8 Å². The molecular weight excluding hydrogens is 304 g/mol. The summed E-state index contributed by atoms with van der Waals surface area (Å²) < 4.78 is 37.3. The van der Waals surface area contributed by atoms with Gasteiger partial charge in [-0.2, -0.15) is 0 Å². The first-order valence-corrected chi connectivity index (χ1v) is 7.10. The Kier molecular flexibility index (Phi) is 5.51. The van der Waals surface area contributed by atoms with E-state index in [9.17, 15) is 13.6 Å². The van der Waals surface area contributed by atoms with Crippen molar-refractivity contribution < 1.29 is 23.0 Å². The lowest BCUT2D eigenvalue weighted by Crippen LogP contribution is -2.32. The van der Waals surface area contributed by atoms with E-state index in [-0.39, 0.29) is 5.69 Å². The molecule has 0 saturated carbocycles. The minimum Gasteiger partial charge on any atom is -0.493 e. The zero-order valence-electron chi connectivity index (χ0n) is 12.8. The van der Waals surface area contributed by atoms with Gasteiger partial charge in [0.25, 0.3) is 5.91 Å². The number of methoxy groups -OCH3 is 1. The van der Waals surface area contributed by atoms with Gasteiger partial charge in [-0.05, 0) is 30.7 Å². The normalized spacial score (nSPS) is 11.7. The van der Waals surface area contributed by atoms with Gasteiger partial charge in [-0.15, -0.1) is 0 Å². The lowest BCUT2D eigenvalue weighted by molar-refractivity contribution is -0.122. The number of carbonyl (C=O) groups is 1. The standard InChI is InChI=1S/C17H17F2NO3/c1-3-14(23-16-7-5-4-6-15(16)22-2)17(21)20-13-9-8-11(18)10-12(13)19/h4-10,14H,3H2,1-2H3,(H,20,21). The van der Waals surface area contributed by atoms with E-state index >= 15 is 0 Å². The fourth-order valence-corrected chi connectivity index (χ4v) is 2.00. The maximum absolute atomic E-state index is 13.6. The molecule has 0 aliphatic carbocycles. The van der Waals surface area contributed by atoms with Crippen LogP contribution < -0.4 is 14.8 Å². The van der Waals surface area contributed by atoms with Crippen LogP contribution in [-0.4, -0.2) is 19.1 Å². The molecule has 122 valence electrons. The lowest BCUT2D eigenvalue weighted by Gasteiger charge is -2.19. The van der Waals surface area contributed by atoms with Crippen molar-refractivity contribution in [3.63, 3.8) is 0 Å². The summed E-state index contributed by atoms with van der Waals surface area (Å²) in [5.41, 5.74) is -0.0986. The third-order valence-corrected chi connectivity index (χ3v) is 3.19. The second-order valence-electron chi connectivity index (χ2n) is 4.78. The summed E-state index contributed by atoms with van der Waals surface area (Å²) in [7, 11) is 1.50. The van der Waals surface area contributed by atoms with E-state index in [0.29, 0.717) is 24.0 Å². The summed E-state index contributed by atoms with van der Waals surface area (Å²) in [6.07, 6.45) is -0.470. The quantitative estimate of drug-likeness (QED) is 0.881. The second-order valence-corrected chi connectivity index (χ2v) is 4.78. The molecule has 0 aliphatic heterocycles. The number of para-hydroxylation sites is 2. The van der Waals surface area contributed by atoms with Gasteiger partial charge in [0.15, 0.2) is 17.6 Å². The van der Waals surface area contributed by atoms with Crippen molar-refractivity contribution in [2.24, 2.45) is 0 Å². The van der Waals surface area contributed by atoms with E-state index in [4.69, 9.17) is 9.47 Å². The zero-order valence-corrected chi connectivity index (χ0v) is 12.8. The zero-order chi connectivity index (χ0) is 16.8. The Morgan fingerprint density at radius 1 is 1.17 bits per heavy atom. The fraction of sp³-hybridized carbons (Fsp3) is 0.235. The van der Waals surface area contributed by atoms with Crippen molar-refractivity contribution in [1.29, 1.82) is 0 Å². The molecule has 0 aliphatic rings. The molecule has 2 aromatic carbocycles. The number of benzene rings is 2. The van der Waals surface area contributed by atoms with E-state index < -0.39 is 23.6 Å². The van der Waals surface area contributed by atoms with Gasteiger partial charge in [0.2, 0.25) is 0 Å². The number of hydrogen-bond acceptors (Lipinski definition) is 3. The summed E-state index contributed by atoms with van der Waals surface area (Å²) in [5, 5.41) is 2.40. The van der Waals surface area contributed by atoms with E-state index in [0.717, 1.165) is 6.07 Å². The molecule has 1 amide bonds. The number of anilines is 1. The highest BCUT2D eigenvalue weighted by Crippen LogP contribution is 2.27. The van der Waals surface area contributed by atoms with Crippen molar-refractivity contribution in [2.75, 3.05) is 12.4 Å². The number of rotatable bonds is 6. The van der Waals surface area contributed by atoms with Crippen molar-refractivity contribution in [3.8, 4) is 11.5 Å². The Labute approximate surface area is 133 Å². The van der Waals surface area contributed by atoms with Crippen molar-refractivity contribution in [3.05, 3.63) is 54.1 Å². The fourth-order valence-electron chi connectivity index (χ4n) is 2.00. The average Bonchev–Trinajstić information content (AvgIpc) is 2.55. The molecule has 1 atom stereocenters. The monoisotopic (exact) mass is 321 g/mol. The highest BCUT2D eigenvalue weighted by atomic mass is 19.1. The average molecular weight is 321 g/mol. The Morgan fingerprint density at radius 3 is 2.48 bits per heavy atom. The Balaban J connectivity index is 2.12. The van der Waals surface area contributed by atoms with Crippen LogP contribution >= 0.6 is 0 Å². The molecule has 0 spiro atoms. The van der Waals surface area contributed by atoms with Crippen molar-refractivity contribution >= 4 is 11.6 Å². The van der Waals surface area contributed by atoms with Crippen LogP contribution in [0.15, 0.2) is 42.5 Å². The summed E-state index contributed by atoms with van der Waals surface area (Å²) in [6.45, 7) is 1.76. The van der Waals surface area contributed by atoms with E-state index in [2.05, 4.69) is 5.32 Å². The van der Waals surface area contributed by atoms with Crippen LogP contribution in [0.1, 0.15) is 13.3 Å². The largest absolute Gasteiger partial charge is 0.493 e.